The van der Waals surface area contributed by atoms with Gasteiger partial charge in [0.25, 0.3) is 0 Å². The first-order chi connectivity index (χ1) is 11.2. The zero-order valence-corrected chi connectivity index (χ0v) is 17.7. The summed E-state index contributed by atoms with van der Waals surface area (Å²) < 4.78 is 0. The lowest BCUT2D eigenvalue weighted by atomic mass is 10.0. The summed E-state index contributed by atoms with van der Waals surface area (Å²) in [6.45, 7) is 11.3. The Kier molecular flexibility index (Phi) is 9.66. The quantitative estimate of drug-likeness (QED) is 0.412. The lowest BCUT2D eigenvalue weighted by Crippen LogP contribution is -2.37. The highest BCUT2D eigenvalue weighted by Gasteiger charge is 2.19. The maximum Gasteiger partial charge on any atom is 0.191 e. The van der Waals surface area contributed by atoms with Crippen molar-refractivity contribution < 1.29 is 0 Å². The minimum atomic E-state index is 0. The van der Waals surface area contributed by atoms with Crippen molar-refractivity contribution in [3.8, 4) is 0 Å². The Morgan fingerprint density at radius 2 is 1.88 bits per heavy atom. The topological polar surface area (TPSA) is 44.9 Å². The summed E-state index contributed by atoms with van der Waals surface area (Å²) in [5.41, 5.74) is 8.79. The van der Waals surface area contributed by atoms with Gasteiger partial charge in [-0.3, -0.25) is 4.90 Å². The Bertz CT molecular complexity index is 514. The number of hydrogen-bond donors (Lipinski definition) is 1. The average Bonchev–Trinajstić information content (AvgIpc) is 2.57. The van der Waals surface area contributed by atoms with Crippen LogP contribution >= 0.6 is 24.0 Å². The molecular weight excluding hydrogens is 411 g/mol. The molecule has 0 amide bonds. The third-order valence-electron chi connectivity index (χ3n) is 4.93. The number of likely N-dealkylation sites (tertiary alicyclic amines) is 1. The monoisotopic (exact) mass is 444 g/mol. The summed E-state index contributed by atoms with van der Waals surface area (Å²) >= 11 is 0. The number of nitrogens with zero attached hydrogens (tertiary/aromatic N) is 3. The summed E-state index contributed by atoms with van der Waals surface area (Å²) in [7, 11) is 0. The van der Waals surface area contributed by atoms with Gasteiger partial charge in [-0.15, -0.1) is 24.0 Å². The number of guanidine groups is 1. The van der Waals surface area contributed by atoms with Crippen LogP contribution in [0.5, 0.6) is 0 Å². The van der Waals surface area contributed by atoms with Gasteiger partial charge < -0.3 is 10.6 Å². The number of rotatable bonds is 6. The Hall–Kier alpha value is -0.820. The number of nitrogens with two attached hydrogens (primary N) is 1. The Morgan fingerprint density at radius 1 is 1.21 bits per heavy atom. The maximum atomic E-state index is 6.11. The summed E-state index contributed by atoms with van der Waals surface area (Å²) in [6, 6.07) is 9.33. The van der Waals surface area contributed by atoms with Gasteiger partial charge in [-0.25, -0.2) is 4.99 Å². The third kappa shape index (κ3) is 5.92. The van der Waals surface area contributed by atoms with E-state index < -0.39 is 0 Å². The standard InChI is InChI=1S/C19H32N4.HI/c1-4-22(5-2)19(20)21-14-17-11-6-7-12-18(17)15-23-13-9-8-10-16(23)3;/h6-7,11-12,16H,4-5,8-10,13-15H2,1-3H3,(H2,20,21);1H. The van der Waals surface area contributed by atoms with E-state index in [4.69, 9.17) is 5.73 Å². The van der Waals surface area contributed by atoms with Gasteiger partial charge in [-0.05, 0) is 51.3 Å². The summed E-state index contributed by atoms with van der Waals surface area (Å²) in [6.07, 6.45) is 4.00. The molecule has 1 fully saturated rings. The molecule has 0 aliphatic carbocycles. The number of hydrogen-bond acceptors (Lipinski definition) is 2. The van der Waals surface area contributed by atoms with Crippen LogP contribution in [0.25, 0.3) is 0 Å². The van der Waals surface area contributed by atoms with Crippen molar-refractivity contribution in [3.05, 3.63) is 35.4 Å². The second kappa shape index (κ2) is 10.9. The number of piperidine rings is 1. The van der Waals surface area contributed by atoms with Crippen molar-refractivity contribution in [1.29, 1.82) is 0 Å². The fourth-order valence-corrected chi connectivity index (χ4v) is 3.29. The Labute approximate surface area is 164 Å². The van der Waals surface area contributed by atoms with Crippen molar-refractivity contribution in [2.24, 2.45) is 10.7 Å². The van der Waals surface area contributed by atoms with Crippen LogP contribution in [0.2, 0.25) is 0 Å². The molecular formula is C19H33IN4. The molecule has 24 heavy (non-hydrogen) atoms. The lowest BCUT2D eigenvalue weighted by Gasteiger charge is -2.33. The molecule has 1 aromatic carbocycles. The van der Waals surface area contributed by atoms with Crippen LogP contribution in [0, 0.1) is 0 Å². The number of aliphatic imine (C=N–C) groups is 1. The van der Waals surface area contributed by atoms with E-state index in [2.05, 4.69) is 59.8 Å². The van der Waals surface area contributed by atoms with Crippen LogP contribution in [0.3, 0.4) is 0 Å². The molecule has 4 nitrogen and oxygen atoms in total. The van der Waals surface area contributed by atoms with E-state index in [9.17, 15) is 0 Å². The van der Waals surface area contributed by atoms with E-state index in [-0.39, 0.29) is 24.0 Å². The van der Waals surface area contributed by atoms with Crippen LogP contribution < -0.4 is 5.73 Å². The minimum absolute atomic E-state index is 0. The molecule has 1 aliphatic heterocycles. The van der Waals surface area contributed by atoms with E-state index in [1.54, 1.807) is 0 Å². The normalized spacial score (nSPS) is 19.0. The van der Waals surface area contributed by atoms with E-state index in [0.29, 0.717) is 18.5 Å². The largest absolute Gasteiger partial charge is 0.370 e. The summed E-state index contributed by atoms with van der Waals surface area (Å²) in [4.78, 5) is 9.30. The smallest absolute Gasteiger partial charge is 0.191 e. The summed E-state index contributed by atoms with van der Waals surface area (Å²) in [5, 5.41) is 0. The first-order valence-corrected chi connectivity index (χ1v) is 9.01. The van der Waals surface area contributed by atoms with Crippen LogP contribution in [-0.2, 0) is 13.1 Å². The molecule has 1 aliphatic rings. The molecule has 1 heterocycles. The summed E-state index contributed by atoms with van der Waals surface area (Å²) in [5.74, 6) is 0.649. The first-order valence-electron chi connectivity index (χ1n) is 9.01. The molecule has 2 rings (SSSR count). The molecule has 1 unspecified atom stereocenters. The van der Waals surface area contributed by atoms with Crippen LogP contribution in [0.15, 0.2) is 29.3 Å². The fraction of sp³-hybridized carbons (Fsp3) is 0.632. The number of halogens is 1. The van der Waals surface area contributed by atoms with Gasteiger partial charge in [-0.2, -0.15) is 0 Å². The van der Waals surface area contributed by atoms with Gasteiger partial charge in [0.2, 0.25) is 0 Å². The molecule has 0 spiro atoms. The third-order valence-corrected chi connectivity index (χ3v) is 4.93. The Morgan fingerprint density at radius 3 is 2.50 bits per heavy atom. The highest BCUT2D eigenvalue weighted by atomic mass is 127. The Balaban J connectivity index is 0.00000288. The molecule has 136 valence electrons. The van der Waals surface area contributed by atoms with Gasteiger partial charge in [0, 0.05) is 25.7 Å². The molecule has 5 heteroatoms. The van der Waals surface area contributed by atoms with E-state index in [1.165, 1.54) is 36.9 Å². The zero-order chi connectivity index (χ0) is 16.7. The molecule has 1 atom stereocenters. The van der Waals surface area contributed by atoms with Crippen LogP contribution in [-0.4, -0.2) is 41.4 Å². The van der Waals surface area contributed by atoms with E-state index in [0.717, 1.165) is 19.6 Å². The molecule has 0 saturated carbocycles. The van der Waals surface area contributed by atoms with Crippen molar-refractivity contribution in [2.75, 3.05) is 19.6 Å². The second-order valence-electron chi connectivity index (χ2n) is 6.43. The highest BCUT2D eigenvalue weighted by Crippen LogP contribution is 2.21. The predicted octanol–water partition coefficient (Wildman–Crippen LogP) is 3.84. The van der Waals surface area contributed by atoms with Gasteiger partial charge in [0.05, 0.1) is 6.54 Å². The first kappa shape index (κ1) is 21.2. The highest BCUT2D eigenvalue weighted by molar-refractivity contribution is 14.0. The van der Waals surface area contributed by atoms with Crippen molar-refractivity contribution in [3.63, 3.8) is 0 Å². The van der Waals surface area contributed by atoms with E-state index >= 15 is 0 Å². The SMILES string of the molecule is CCN(CC)C(N)=NCc1ccccc1CN1CCCCC1C.I. The minimum Gasteiger partial charge on any atom is -0.370 e. The lowest BCUT2D eigenvalue weighted by molar-refractivity contribution is 0.152. The molecule has 0 radical (unpaired) electrons. The average molecular weight is 444 g/mol. The van der Waals surface area contributed by atoms with Crippen molar-refractivity contribution in [1.82, 2.24) is 9.80 Å². The predicted molar refractivity (Wildman–Crippen MR) is 114 cm³/mol. The molecule has 0 bridgehead atoms. The zero-order valence-electron chi connectivity index (χ0n) is 15.4. The van der Waals surface area contributed by atoms with Gasteiger partial charge in [0.15, 0.2) is 5.96 Å². The second-order valence-corrected chi connectivity index (χ2v) is 6.43. The van der Waals surface area contributed by atoms with Crippen molar-refractivity contribution in [2.45, 2.75) is 59.2 Å². The maximum absolute atomic E-state index is 6.11. The van der Waals surface area contributed by atoms with Gasteiger partial charge >= 0.3 is 0 Å². The molecule has 0 aromatic heterocycles. The molecule has 1 saturated heterocycles. The molecule has 1 aromatic rings. The van der Waals surface area contributed by atoms with Gasteiger partial charge in [0.1, 0.15) is 0 Å². The molecule has 2 N–H and O–H groups in total. The van der Waals surface area contributed by atoms with Crippen LogP contribution in [0.1, 0.15) is 51.2 Å². The van der Waals surface area contributed by atoms with Crippen LogP contribution in [0.4, 0.5) is 0 Å². The number of benzene rings is 1. The fourth-order valence-electron chi connectivity index (χ4n) is 3.29. The van der Waals surface area contributed by atoms with Crippen molar-refractivity contribution >= 4 is 29.9 Å². The van der Waals surface area contributed by atoms with Gasteiger partial charge in [-0.1, -0.05) is 30.7 Å². The van der Waals surface area contributed by atoms with E-state index in [1.807, 2.05) is 0 Å².